The SMILES string of the molecule is CC(C)(C(=O)NCc1ccc(Cl)c(-c2nc(-c3ccc(C(F)(F)F)nc3)cc(=O)[nH]2)c1)C(F)(F)F. The number of carbonyl (C=O) groups is 1. The lowest BCUT2D eigenvalue weighted by Crippen LogP contribution is -2.46. The minimum Gasteiger partial charge on any atom is -0.351 e. The second-order valence-electron chi connectivity index (χ2n) is 8.03. The van der Waals surface area contributed by atoms with Gasteiger partial charge in [-0.25, -0.2) is 4.98 Å². The van der Waals surface area contributed by atoms with E-state index in [-0.39, 0.29) is 34.2 Å². The van der Waals surface area contributed by atoms with Crippen molar-refractivity contribution in [3.63, 3.8) is 0 Å². The summed E-state index contributed by atoms with van der Waals surface area (Å²) in [6.45, 7) is 1.24. The number of nitrogens with one attached hydrogen (secondary N) is 2. The van der Waals surface area contributed by atoms with Gasteiger partial charge in [-0.3, -0.25) is 14.6 Å². The topological polar surface area (TPSA) is 87.7 Å². The van der Waals surface area contributed by atoms with E-state index in [0.29, 0.717) is 5.56 Å². The van der Waals surface area contributed by atoms with Crippen LogP contribution < -0.4 is 10.9 Å². The van der Waals surface area contributed by atoms with Gasteiger partial charge in [-0.2, -0.15) is 26.3 Å². The summed E-state index contributed by atoms with van der Waals surface area (Å²) in [5.74, 6) is -1.27. The second-order valence-corrected chi connectivity index (χ2v) is 8.44. The molecule has 13 heteroatoms. The van der Waals surface area contributed by atoms with Crippen molar-refractivity contribution < 1.29 is 31.1 Å². The molecule has 6 nitrogen and oxygen atoms in total. The first kappa shape index (κ1) is 26.2. The fourth-order valence-electron chi connectivity index (χ4n) is 2.84. The standard InChI is InChI=1S/C22H17ClF6N4O2/c1-20(2,22(27,28)29)19(35)31-9-11-3-5-14(23)13(7-11)18-32-15(8-17(34)33-18)12-4-6-16(30-10-12)21(24,25)26/h3-8,10H,9H2,1-2H3,(H,31,35)(H,32,33,34). The van der Waals surface area contributed by atoms with E-state index in [2.05, 4.69) is 20.3 Å². The monoisotopic (exact) mass is 518 g/mol. The van der Waals surface area contributed by atoms with Crippen LogP contribution in [0.25, 0.3) is 22.6 Å². The van der Waals surface area contributed by atoms with Gasteiger partial charge in [-0.1, -0.05) is 17.7 Å². The highest BCUT2D eigenvalue weighted by Gasteiger charge is 2.52. The summed E-state index contributed by atoms with van der Waals surface area (Å²) in [6, 6.07) is 7.20. The molecule has 1 amide bonds. The van der Waals surface area contributed by atoms with Gasteiger partial charge in [0, 0.05) is 29.9 Å². The van der Waals surface area contributed by atoms with Gasteiger partial charge in [0.2, 0.25) is 5.91 Å². The molecule has 0 bridgehead atoms. The van der Waals surface area contributed by atoms with Gasteiger partial charge < -0.3 is 10.3 Å². The molecule has 3 rings (SSSR count). The average molecular weight is 519 g/mol. The molecule has 2 heterocycles. The molecule has 0 aliphatic heterocycles. The average Bonchev–Trinajstić information content (AvgIpc) is 2.76. The molecule has 0 radical (unpaired) electrons. The first-order valence-electron chi connectivity index (χ1n) is 9.88. The number of pyridine rings is 1. The molecule has 0 spiro atoms. The maximum absolute atomic E-state index is 13.1. The Kier molecular flexibility index (Phi) is 6.98. The number of aromatic amines is 1. The van der Waals surface area contributed by atoms with Crippen LogP contribution in [0.4, 0.5) is 26.3 Å². The van der Waals surface area contributed by atoms with E-state index >= 15 is 0 Å². The van der Waals surface area contributed by atoms with Crippen molar-refractivity contribution in [1.29, 1.82) is 0 Å². The zero-order chi connectivity index (χ0) is 26.2. The lowest BCUT2D eigenvalue weighted by Gasteiger charge is -2.26. The number of H-pyrrole nitrogens is 1. The van der Waals surface area contributed by atoms with E-state index < -0.39 is 34.9 Å². The summed E-state index contributed by atoms with van der Waals surface area (Å²) in [6.07, 6.45) is -8.46. The fourth-order valence-corrected chi connectivity index (χ4v) is 3.05. The highest BCUT2D eigenvalue weighted by molar-refractivity contribution is 6.33. The van der Waals surface area contributed by atoms with Crippen molar-refractivity contribution in [2.75, 3.05) is 0 Å². The molecule has 0 aliphatic rings. The predicted molar refractivity (Wildman–Crippen MR) is 115 cm³/mol. The number of alkyl halides is 6. The molecule has 0 saturated heterocycles. The lowest BCUT2D eigenvalue weighted by atomic mass is 9.91. The summed E-state index contributed by atoms with van der Waals surface area (Å²) in [5, 5.41) is 2.34. The molecule has 2 N–H and O–H groups in total. The van der Waals surface area contributed by atoms with Gasteiger partial charge in [0.15, 0.2) is 0 Å². The Morgan fingerprint density at radius 2 is 1.74 bits per heavy atom. The van der Waals surface area contributed by atoms with Gasteiger partial charge in [-0.15, -0.1) is 0 Å². The van der Waals surface area contributed by atoms with Crippen molar-refractivity contribution in [2.24, 2.45) is 5.41 Å². The maximum Gasteiger partial charge on any atom is 0.433 e. The molecular formula is C22H17ClF6N4O2. The van der Waals surface area contributed by atoms with Crippen LogP contribution in [0.3, 0.4) is 0 Å². The molecule has 0 unspecified atom stereocenters. The molecule has 35 heavy (non-hydrogen) atoms. The number of benzene rings is 1. The van der Waals surface area contributed by atoms with E-state index in [1.54, 1.807) is 0 Å². The summed E-state index contributed by atoms with van der Waals surface area (Å²) in [5.41, 5.74) is -3.65. The smallest absolute Gasteiger partial charge is 0.351 e. The Morgan fingerprint density at radius 3 is 2.31 bits per heavy atom. The summed E-state index contributed by atoms with van der Waals surface area (Å²) < 4.78 is 77.5. The van der Waals surface area contributed by atoms with E-state index in [9.17, 15) is 35.9 Å². The van der Waals surface area contributed by atoms with Crippen LogP contribution in [-0.2, 0) is 17.5 Å². The Morgan fingerprint density at radius 1 is 1.06 bits per heavy atom. The molecule has 1 aromatic carbocycles. The van der Waals surface area contributed by atoms with E-state index in [0.717, 1.165) is 38.2 Å². The van der Waals surface area contributed by atoms with E-state index in [1.807, 2.05) is 0 Å². The second kappa shape index (κ2) is 9.33. The number of carbonyl (C=O) groups excluding carboxylic acids is 1. The quantitative estimate of drug-likeness (QED) is 0.444. The van der Waals surface area contributed by atoms with Crippen molar-refractivity contribution in [3.8, 4) is 22.6 Å². The summed E-state index contributed by atoms with van der Waals surface area (Å²) in [7, 11) is 0. The number of hydrogen-bond acceptors (Lipinski definition) is 4. The Bertz CT molecular complexity index is 1300. The summed E-state index contributed by atoms with van der Waals surface area (Å²) >= 11 is 6.21. The first-order valence-corrected chi connectivity index (χ1v) is 10.3. The van der Waals surface area contributed by atoms with Crippen LogP contribution in [0.5, 0.6) is 0 Å². The number of nitrogens with zero attached hydrogens (tertiary/aromatic N) is 2. The van der Waals surface area contributed by atoms with Gasteiger partial charge in [0.25, 0.3) is 5.56 Å². The largest absolute Gasteiger partial charge is 0.433 e. The number of rotatable bonds is 5. The Balaban J connectivity index is 1.91. The highest BCUT2D eigenvalue weighted by atomic mass is 35.5. The van der Waals surface area contributed by atoms with Gasteiger partial charge in [0.1, 0.15) is 16.9 Å². The molecule has 0 aliphatic carbocycles. The lowest BCUT2D eigenvalue weighted by molar-refractivity contribution is -0.211. The number of amides is 1. The molecule has 186 valence electrons. The third-order valence-corrected chi connectivity index (χ3v) is 5.44. The third-order valence-electron chi connectivity index (χ3n) is 5.11. The van der Waals surface area contributed by atoms with Gasteiger partial charge in [-0.05, 0) is 43.7 Å². The number of hydrogen-bond donors (Lipinski definition) is 2. The zero-order valence-electron chi connectivity index (χ0n) is 18.1. The Labute approximate surface area is 199 Å². The summed E-state index contributed by atoms with van der Waals surface area (Å²) in [4.78, 5) is 34.3. The highest BCUT2D eigenvalue weighted by Crippen LogP contribution is 2.37. The van der Waals surface area contributed by atoms with Crippen LogP contribution in [0.15, 0.2) is 47.4 Å². The fraction of sp³-hybridized carbons (Fsp3) is 0.273. The molecule has 0 saturated carbocycles. The normalized spacial score (nSPS) is 12.5. The molecule has 3 aromatic rings. The van der Waals surface area contributed by atoms with E-state index in [4.69, 9.17) is 11.6 Å². The maximum atomic E-state index is 13.1. The zero-order valence-corrected chi connectivity index (χ0v) is 18.9. The van der Waals surface area contributed by atoms with Gasteiger partial charge in [0.05, 0.1) is 10.7 Å². The molecule has 0 atom stereocenters. The van der Waals surface area contributed by atoms with Crippen LogP contribution >= 0.6 is 11.6 Å². The predicted octanol–water partition coefficient (Wildman–Crippen LogP) is 5.38. The minimum atomic E-state index is -4.75. The number of halogens is 7. The van der Waals surface area contributed by atoms with Crippen LogP contribution in [0, 0.1) is 5.41 Å². The first-order chi connectivity index (χ1) is 16.1. The van der Waals surface area contributed by atoms with Crippen molar-refractivity contribution >= 4 is 17.5 Å². The van der Waals surface area contributed by atoms with Crippen molar-refractivity contribution in [2.45, 2.75) is 32.7 Å². The van der Waals surface area contributed by atoms with Gasteiger partial charge >= 0.3 is 12.4 Å². The Hall–Kier alpha value is -3.41. The van der Waals surface area contributed by atoms with Crippen LogP contribution in [0.1, 0.15) is 25.1 Å². The molecule has 2 aromatic heterocycles. The van der Waals surface area contributed by atoms with Crippen LogP contribution in [0.2, 0.25) is 5.02 Å². The molecular weight excluding hydrogens is 502 g/mol. The van der Waals surface area contributed by atoms with E-state index in [1.165, 1.54) is 18.2 Å². The molecule has 0 fully saturated rings. The minimum absolute atomic E-state index is 0.0201. The van der Waals surface area contributed by atoms with Crippen molar-refractivity contribution in [1.82, 2.24) is 20.3 Å². The van der Waals surface area contributed by atoms with Crippen molar-refractivity contribution in [3.05, 3.63) is 69.2 Å². The van der Waals surface area contributed by atoms with Crippen LogP contribution in [-0.4, -0.2) is 27.0 Å². The number of aromatic nitrogens is 3. The third kappa shape index (κ3) is 5.81.